The molecule has 31 heavy (non-hydrogen) atoms. The first-order chi connectivity index (χ1) is 14.6. The van der Waals surface area contributed by atoms with Crippen molar-refractivity contribution >= 4 is 25.6 Å². The Morgan fingerprint density at radius 3 is 1.77 bits per heavy atom. The van der Waals surface area contributed by atoms with Crippen LogP contribution in [0, 0.1) is 17.8 Å². The van der Waals surface area contributed by atoms with Crippen molar-refractivity contribution in [3.63, 3.8) is 0 Å². The summed E-state index contributed by atoms with van der Waals surface area (Å²) in [5.74, 6) is -1.15. The molecule has 0 spiro atoms. The molecule has 8 heteroatoms. The van der Waals surface area contributed by atoms with Gasteiger partial charge in [0.2, 0.25) is 0 Å². The molecule has 0 N–H and O–H groups in total. The minimum atomic E-state index is -4.28. The Labute approximate surface area is 184 Å². The fourth-order valence-electron chi connectivity index (χ4n) is 4.14. The largest absolute Gasteiger partial charge is 0.465 e. The number of rotatable bonds is 8. The highest BCUT2D eigenvalue weighted by molar-refractivity contribution is 8.09. The van der Waals surface area contributed by atoms with Gasteiger partial charge in [-0.2, -0.15) is 0 Å². The third-order valence-corrected chi connectivity index (χ3v) is 10.8. The molecule has 6 nitrogen and oxygen atoms in total. The molecule has 2 aromatic carbocycles. The lowest BCUT2D eigenvalue weighted by molar-refractivity contribution is -0.157. The Balaban J connectivity index is 2.09. The summed E-state index contributed by atoms with van der Waals surface area (Å²) in [6.07, 6.45) is 0.964. The maximum Gasteiger partial charge on any atom is 0.309 e. The first kappa shape index (κ1) is 23.5. The van der Waals surface area contributed by atoms with Gasteiger partial charge in [0.15, 0.2) is 24.3 Å². The highest BCUT2D eigenvalue weighted by Crippen LogP contribution is 2.37. The number of carbonyl (C=O) groups is 1. The number of hydrogen-bond acceptors (Lipinski definition) is 6. The van der Waals surface area contributed by atoms with Gasteiger partial charge in [0, 0.05) is 0 Å². The minimum Gasteiger partial charge on any atom is -0.465 e. The van der Waals surface area contributed by atoms with Crippen molar-refractivity contribution in [3.8, 4) is 0 Å². The van der Waals surface area contributed by atoms with E-state index in [4.69, 9.17) is 4.74 Å². The summed E-state index contributed by atoms with van der Waals surface area (Å²) in [7, 11) is -8.55. The van der Waals surface area contributed by atoms with Crippen molar-refractivity contribution in [1.29, 1.82) is 0 Å². The SMILES string of the molecule is CC(C)C[C@@H]1CCOC(=O)[C@H]1CC(S(=O)(=O)c1ccccc1)S(=O)(=O)c1ccccc1. The number of sulfone groups is 2. The number of esters is 1. The third kappa shape index (κ3) is 5.18. The summed E-state index contributed by atoms with van der Waals surface area (Å²) >= 11 is 0. The van der Waals surface area contributed by atoms with E-state index < -0.39 is 36.1 Å². The van der Waals surface area contributed by atoms with Crippen molar-refractivity contribution < 1.29 is 26.4 Å². The predicted octanol–water partition coefficient (Wildman–Crippen LogP) is 3.88. The van der Waals surface area contributed by atoms with Crippen LogP contribution < -0.4 is 0 Å². The van der Waals surface area contributed by atoms with Gasteiger partial charge in [-0.05, 0) is 55.4 Å². The van der Waals surface area contributed by atoms with Gasteiger partial charge in [-0.25, -0.2) is 16.8 Å². The second-order valence-electron chi connectivity index (χ2n) is 8.33. The molecule has 1 saturated heterocycles. The van der Waals surface area contributed by atoms with Crippen molar-refractivity contribution in [2.75, 3.05) is 6.61 Å². The molecule has 0 unspecified atom stereocenters. The zero-order valence-electron chi connectivity index (χ0n) is 17.7. The Hall–Kier alpha value is -2.19. The lowest BCUT2D eigenvalue weighted by Gasteiger charge is -2.33. The summed E-state index contributed by atoms with van der Waals surface area (Å²) in [5, 5.41) is 0. The number of benzene rings is 2. The normalized spacial score (nSPS) is 20.1. The van der Waals surface area contributed by atoms with E-state index in [1.54, 1.807) is 36.4 Å². The average Bonchev–Trinajstić information content (AvgIpc) is 2.74. The summed E-state index contributed by atoms with van der Waals surface area (Å²) < 4.78 is 57.6. The van der Waals surface area contributed by atoms with Crippen LogP contribution in [-0.4, -0.2) is 34.0 Å². The van der Waals surface area contributed by atoms with Crippen molar-refractivity contribution in [1.82, 2.24) is 0 Å². The number of ether oxygens (including phenoxy) is 1. The molecule has 0 bridgehead atoms. The van der Waals surface area contributed by atoms with Crippen LogP contribution in [0.25, 0.3) is 0 Å². The van der Waals surface area contributed by atoms with Gasteiger partial charge in [0.1, 0.15) is 0 Å². The van der Waals surface area contributed by atoms with Crippen LogP contribution in [0.5, 0.6) is 0 Å². The molecule has 2 atom stereocenters. The Bertz CT molecular complexity index is 1020. The maximum absolute atomic E-state index is 13.5. The van der Waals surface area contributed by atoms with E-state index in [-0.39, 0.29) is 34.7 Å². The fourth-order valence-corrected chi connectivity index (χ4v) is 8.74. The van der Waals surface area contributed by atoms with Gasteiger partial charge in [0.25, 0.3) is 0 Å². The number of carbonyl (C=O) groups excluding carboxylic acids is 1. The van der Waals surface area contributed by atoms with Crippen LogP contribution in [0.4, 0.5) is 0 Å². The zero-order chi connectivity index (χ0) is 22.6. The van der Waals surface area contributed by atoms with E-state index in [1.807, 2.05) is 13.8 Å². The molecule has 1 aliphatic rings. The highest BCUT2D eigenvalue weighted by Gasteiger charge is 2.45. The smallest absolute Gasteiger partial charge is 0.309 e. The van der Waals surface area contributed by atoms with Crippen LogP contribution in [0.15, 0.2) is 70.5 Å². The Morgan fingerprint density at radius 1 is 0.839 bits per heavy atom. The topological polar surface area (TPSA) is 94.6 Å². The third-order valence-electron chi connectivity index (χ3n) is 5.66. The van der Waals surface area contributed by atoms with Crippen molar-refractivity contribution in [2.45, 2.75) is 47.5 Å². The first-order valence-corrected chi connectivity index (χ1v) is 13.5. The van der Waals surface area contributed by atoms with Gasteiger partial charge in [-0.15, -0.1) is 0 Å². The Kier molecular flexibility index (Phi) is 7.21. The molecule has 1 heterocycles. The van der Waals surface area contributed by atoms with E-state index in [0.717, 1.165) is 0 Å². The van der Waals surface area contributed by atoms with Gasteiger partial charge < -0.3 is 4.74 Å². The van der Waals surface area contributed by atoms with Gasteiger partial charge in [-0.1, -0.05) is 50.2 Å². The summed E-state index contributed by atoms with van der Waals surface area (Å²) in [6.45, 7) is 4.32. The van der Waals surface area contributed by atoms with Crippen LogP contribution in [0.3, 0.4) is 0 Å². The second kappa shape index (κ2) is 9.53. The van der Waals surface area contributed by atoms with Crippen molar-refractivity contribution in [3.05, 3.63) is 60.7 Å². The van der Waals surface area contributed by atoms with E-state index in [1.165, 1.54) is 24.3 Å². The number of hydrogen-bond donors (Lipinski definition) is 0. The standard InChI is InChI=1S/C23H28O6S2/c1-17(2)15-18-13-14-29-23(24)21(18)16-22(30(25,26)19-9-5-3-6-10-19)31(27,28)20-11-7-4-8-12-20/h3-12,17-18,21-22H,13-16H2,1-2H3/t18-,21-/m0/s1. The monoisotopic (exact) mass is 464 g/mol. The van der Waals surface area contributed by atoms with Gasteiger partial charge in [0.05, 0.1) is 22.3 Å². The molecule has 1 aliphatic heterocycles. The van der Waals surface area contributed by atoms with Crippen LogP contribution in [0.1, 0.15) is 33.1 Å². The molecule has 0 aromatic heterocycles. The summed E-state index contributed by atoms with van der Waals surface area (Å²) in [6, 6.07) is 15.1. The summed E-state index contributed by atoms with van der Waals surface area (Å²) in [4.78, 5) is 12.5. The highest BCUT2D eigenvalue weighted by atomic mass is 32.3. The molecule has 0 aliphatic carbocycles. The molecular formula is C23H28O6S2. The molecule has 2 aromatic rings. The quantitative estimate of drug-likeness (QED) is 0.551. The van der Waals surface area contributed by atoms with E-state index >= 15 is 0 Å². The first-order valence-electron chi connectivity index (χ1n) is 10.4. The van der Waals surface area contributed by atoms with E-state index in [2.05, 4.69) is 0 Å². The maximum atomic E-state index is 13.5. The molecule has 0 radical (unpaired) electrons. The second-order valence-corrected chi connectivity index (χ2v) is 12.9. The fraction of sp³-hybridized carbons (Fsp3) is 0.435. The molecule has 3 rings (SSSR count). The average molecular weight is 465 g/mol. The molecule has 168 valence electrons. The van der Waals surface area contributed by atoms with Crippen LogP contribution >= 0.6 is 0 Å². The predicted molar refractivity (Wildman–Crippen MR) is 118 cm³/mol. The molecular weight excluding hydrogens is 436 g/mol. The summed E-state index contributed by atoms with van der Waals surface area (Å²) in [5.41, 5.74) is 0. The minimum absolute atomic E-state index is 0.0795. The Morgan fingerprint density at radius 2 is 1.32 bits per heavy atom. The van der Waals surface area contributed by atoms with Crippen LogP contribution in [-0.2, 0) is 29.2 Å². The lowest BCUT2D eigenvalue weighted by atomic mass is 9.80. The van der Waals surface area contributed by atoms with E-state index in [0.29, 0.717) is 12.8 Å². The van der Waals surface area contributed by atoms with Crippen LogP contribution in [0.2, 0.25) is 0 Å². The van der Waals surface area contributed by atoms with E-state index in [9.17, 15) is 21.6 Å². The zero-order valence-corrected chi connectivity index (χ0v) is 19.3. The molecule has 0 amide bonds. The van der Waals surface area contributed by atoms with Gasteiger partial charge >= 0.3 is 5.97 Å². The lowest BCUT2D eigenvalue weighted by Crippen LogP contribution is -2.40. The van der Waals surface area contributed by atoms with Crippen molar-refractivity contribution in [2.24, 2.45) is 17.8 Å². The molecule has 0 saturated carbocycles. The molecule has 1 fully saturated rings. The number of cyclic esters (lactones) is 1. The van der Waals surface area contributed by atoms with Gasteiger partial charge in [-0.3, -0.25) is 4.79 Å².